The molecule has 0 aliphatic carbocycles. The van der Waals surface area contributed by atoms with Crippen molar-refractivity contribution in [1.29, 1.82) is 0 Å². The minimum Gasteiger partial charge on any atom is -0.241 e. The van der Waals surface area contributed by atoms with Gasteiger partial charge in [0.05, 0.1) is 5.52 Å². The van der Waals surface area contributed by atoms with Crippen LogP contribution in [0.3, 0.4) is 0 Å². The summed E-state index contributed by atoms with van der Waals surface area (Å²) in [6.45, 7) is 2.00. The van der Waals surface area contributed by atoms with Crippen molar-refractivity contribution in [3.05, 3.63) is 39.0 Å². The van der Waals surface area contributed by atoms with Crippen molar-refractivity contribution in [1.82, 2.24) is 4.98 Å². The quantitative estimate of drug-likeness (QED) is 0.529. The highest BCUT2D eigenvalue weighted by Gasteiger charge is 2.05. The molecule has 0 saturated carbocycles. The predicted molar refractivity (Wildman–Crippen MR) is 71.8 cm³/mol. The lowest BCUT2D eigenvalue weighted by Crippen LogP contribution is -1.88. The van der Waals surface area contributed by atoms with Crippen molar-refractivity contribution in [2.45, 2.75) is 12.3 Å². The molecule has 78 valence electrons. The van der Waals surface area contributed by atoms with Gasteiger partial charge in [0.15, 0.2) is 0 Å². The summed E-state index contributed by atoms with van der Waals surface area (Å²) in [5, 5.41) is 2.67. The van der Waals surface area contributed by atoms with Crippen molar-refractivity contribution in [3.63, 3.8) is 0 Å². The van der Waals surface area contributed by atoms with Crippen LogP contribution in [0.4, 0.5) is 0 Å². The van der Waals surface area contributed by atoms with Crippen LogP contribution in [0.15, 0.2) is 22.8 Å². The number of aryl methyl sites for hydroxylation is 1. The Labute approximate surface area is 110 Å². The molecule has 2 aromatic rings. The van der Waals surface area contributed by atoms with Gasteiger partial charge in [0.25, 0.3) is 0 Å². The number of nitrogens with zero attached hydrogens (tertiary/aromatic N) is 1. The van der Waals surface area contributed by atoms with Crippen LogP contribution in [-0.2, 0) is 5.33 Å². The van der Waals surface area contributed by atoms with Crippen molar-refractivity contribution in [2.75, 3.05) is 0 Å². The summed E-state index contributed by atoms with van der Waals surface area (Å²) in [4.78, 5) is 4.45. The summed E-state index contributed by atoms with van der Waals surface area (Å²) in [5.41, 5.74) is 3.14. The molecule has 15 heavy (non-hydrogen) atoms. The van der Waals surface area contributed by atoms with E-state index in [1.54, 1.807) is 0 Å². The maximum atomic E-state index is 6.05. The van der Waals surface area contributed by atoms with Crippen LogP contribution in [0.5, 0.6) is 0 Å². The second-order valence-corrected chi connectivity index (χ2v) is 5.09. The van der Waals surface area contributed by atoms with E-state index in [4.69, 9.17) is 11.6 Å². The summed E-state index contributed by atoms with van der Waals surface area (Å²) >= 11 is 12.9. The lowest BCUT2D eigenvalue weighted by molar-refractivity contribution is 1.26. The molecule has 1 nitrogen and oxygen atoms in total. The Kier molecular flexibility index (Phi) is 3.33. The fraction of sp³-hybridized carbons (Fsp3) is 0.182. The zero-order chi connectivity index (χ0) is 11.0. The molecular formula is C11H8Br2ClN. The minimum absolute atomic E-state index is 0.758. The minimum atomic E-state index is 0.758. The maximum absolute atomic E-state index is 6.05. The van der Waals surface area contributed by atoms with Crippen molar-refractivity contribution >= 4 is 54.4 Å². The predicted octanol–water partition coefficient (Wildman–Crippen LogP) is 4.85. The number of fused-ring (bicyclic) bond motifs is 1. The van der Waals surface area contributed by atoms with Gasteiger partial charge in [0.2, 0.25) is 0 Å². The first-order valence-corrected chi connectivity index (χ1v) is 6.72. The topological polar surface area (TPSA) is 12.9 Å². The molecule has 4 heteroatoms. The molecule has 0 atom stereocenters. The Morgan fingerprint density at radius 1 is 1.33 bits per heavy atom. The van der Waals surface area contributed by atoms with Crippen molar-refractivity contribution in [2.24, 2.45) is 0 Å². The summed E-state index contributed by atoms with van der Waals surface area (Å²) in [6, 6.07) is 6.07. The van der Waals surface area contributed by atoms with E-state index >= 15 is 0 Å². The second-order valence-electron chi connectivity index (χ2n) is 3.37. The van der Waals surface area contributed by atoms with E-state index in [0.29, 0.717) is 0 Å². The Hall–Kier alpha value is -0.120. The SMILES string of the molecule is Cc1cc2cc(CBr)c(Br)nc2cc1Cl. The molecule has 0 radical (unpaired) electrons. The van der Waals surface area contributed by atoms with Gasteiger partial charge in [-0.3, -0.25) is 0 Å². The third-order valence-electron chi connectivity index (χ3n) is 2.27. The number of aromatic nitrogens is 1. The average molecular weight is 349 g/mol. The Morgan fingerprint density at radius 3 is 2.73 bits per heavy atom. The molecule has 0 aliphatic rings. The molecule has 1 aromatic heterocycles. The number of hydrogen-bond donors (Lipinski definition) is 0. The van der Waals surface area contributed by atoms with E-state index in [9.17, 15) is 0 Å². The van der Waals surface area contributed by atoms with Crippen LogP contribution in [-0.4, -0.2) is 4.98 Å². The number of benzene rings is 1. The lowest BCUT2D eigenvalue weighted by Gasteiger charge is -2.05. The van der Waals surface area contributed by atoms with Gasteiger partial charge in [-0.15, -0.1) is 0 Å². The first kappa shape index (κ1) is 11.4. The van der Waals surface area contributed by atoms with E-state index in [1.807, 2.05) is 13.0 Å². The third kappa shape index (κ3) is 2.19. The zero-order valence-corrected chi connectivity index (χ0v) is 11.9. The van der Waals surface area contributed by atoms with E-state index in [1.165, 1.54) is 0 Å². The summed E-state index contributed by atoms with van der Waals surface area (Å²) in [6.07, 6.45) is 0. The van der Waals surface area contributed by atoms with Crippen LogP contribution in [0.25, 0.3) is 10.9 Å². The van der Waals surface area contributed by atoms with E-state index in [0.717, 1.165) is 37.0 Å². The van der Waals surface area contributed by atoms with Crippen LogP contribution < -0.4 is 0 Å². The van der Waals surface area contributed by atoms with Crippen LogP contribution in [0, 0.1) is 6.92 Å². The van der Waals surface area contributed by atoms with Crippen LogP contribution in [0.2, 0.25) is 5.02 Å². The highest BCUT2D eigenvalue weighted by atomic mass is 79.9. The standard InChI is InChI=1S/C11H8Br2ClN/c1-6-2-7-3-8(5-12)11(13)15-10(7)4-9(6)14/h2-4H,5H2,1H3. The van der Waals surface area contributed by atoms with Gasteiger partial charge in [0, 0.05) is 15.7 Å². The molecule has 0 fully saturated rings. The molecule has 0 saturated heterocycles. The first-order valence-electron chi connectivity index (χ1n) is 4.43. The molecule has 0 bridgehead atoms. The van der Waals surface area contributed by atoms with Gasteiger partial charge in [-0.05, 0) is 52.2 Å². The van der Waals surface area contributed by atoms with Gasteiger partial charge in [-0.1, -0.05) is 27.5 Å². The zero-order valence-electron chi connectivity index (χ0n) is 8.02. The fourth-order valence-electron chi connectivity index (χ4n) is 1.42. The molecule has 2 rings (SSSR count). The Balaban J connectivity index is 2.76. The summed E-state index contributed by atoms with van der Waals surface area (Å²) < 4.78 is 0.867. The summed E-state index contributed by atoms with van der Waals surface area (Å²) in [7, 11) is 0. The number of rotatable bonds is 1. The molecule has 0 N–H and O–H groups in total. The van der Waals surface area contributed by atoms with E-state index in [-0.39, 0.29) is 0 Å². The van der Waals surface area contributed by atoms with Crippen LogP contribution in [0.1, 0.15) is 11.1 Å². The largest absolute Gasteiger partial charge is 0.241 e. The normalized spacial score (nSPS) is 10.9. The average Bonchev–Trinajstić information content (AvgIpc) is 2.20. The lowest BCUT2D eigenvalue weighted by atomic mass is 10.1. The molecule has 0 spiro atoms. The monoisotopic (exact) mass is 347 g/mol. The van der Waals surface area contributed by atoms with Gasteiger partial charge >= 0.3 is 0 Å². The van der Waals surface area contributed by atoms with Gasteiger partial charge < -0.3 is 0 Å². The Bertz CT molecular complexity index is 525. The smallest absolute Gasteiger partial charge is 0.110 e. The van der Waals surface area contributed by atoms with Gasteiger partial charge in [0.1, 0.15) is 4.60 Å². The number of pyridine rings is 1. The highest BCUT2D eigenvalue weighted by Crippen LogP contribution is 2.27. The molecule has 0 aliphatic heterocycles. The van der Waals surface area contributed by atoms with E-state index in [2.05, 4.69) is 49.0 Å². The molecule has 0 amide bonds. The molecule has 1 aromatic carbocycles. The van der Waals surface area contributed by atoms with Gasteiger partial charge in [-0.2, -0.15) is 0 Å². The second kappa shape index (κ2) is 4.40. The molecular weight excluding hydrogens is 341 g/mol. The third-order valence-corrected chi connectivity index (χ3v) is 3.96. The first-order chi connectivity index (χ1) is 7.11. The van der Waals surface area contributed by atoms with Crippen molar-refractivity contribution < 1.29 is 0 Å². The number of hydrogen-bond acceptors (Lipinski definition) is 1. The fourth-order valence-corrected chi connectivity index (χ4v) is 2.83. The van der Waals surface area contributed by atoms with Crippen molar-refractivity contribution in [3.8, 4) is 0 Å². The van der Waals surface area contributed by atoms with Crippen LogP contribution >= 0.6 is 43.5 Å². The Morgan fingerprint density at radius 2 is 2.07 bits per heavy atom. The van der Waals surface area contributed by atoms with E-state index < -0.39 is 0 Å². The summed E-state index contributed by atoms with van der Waals surface area (Å²) in [5.74, 6) is 0. The van der Waals surface area contributed by atoms with Gasteiger partial charge in [-0.25, -0.2) is 4.98 Å². The molecule has 1 heterocycles. The molecule has 0 unspecified atom stereocenters. The maximum Gasteiger partial charge on any atom is 0.110 e. The number of alkyl halides is 1. The highest BCUT2D eigenvalue weighted by molar-refractivity contribution is 9.10. The number of halogens is 3.